The van der Waals surface area contributed by atoms with Gasteiger partial charge in [-0.25, -0.2) is 9.97 Å². The molecule has 0 spiro atoms. The molecular weight excluding hydrogens is 528 g/mol. The van der Waals surface area contributed by atoms with Gasteiger partial charge in [0.1, 0.15) is 17.6 Å². The number of benzene rings is 2. The maximum Gasteiger partial charge on any atom is 0.275 e. The lowest BCUT2D eigenvalue weighted by atomic mass is 9.93. The molecule has 2 aliphatic rings. The van der Waals surface area contributed by atoms with E-state index in [1.54, 1.807) is 42.6 Å². The van der Waals surface area contributed by atoms with Gasteiger partial charge >= 0.3 is 0 Å². The second kappa shape index (κ2) is 10.7. The Morgan fingerprint density at radius 2 is 1.90 bits per heavy atom. The number of rotatable bonds is 6. The number of Topliss-reactive ketones (excluding diaryl/α,β-unsaturated/α-hetero) is 1. The zero-order valence-corrected chi connectivity index (χ0v) is 22.7. The van der Waals surface area contributed by atoms with E-state index in [-0.39, 0.29) is 18.1 Å². The maximum atomic E-state index is 13.3. The second-order valence-corrected chi connectivity index (χ2v) is 10.3. The predicted octanol–water partition coefficient (Wildman–Crippen LogP) is 3.24. The zero-order valence-electron chi connectivity index (χ0n) is 21.9. The van der Waals surface area contributed by atoms with Crippen molar-refractivity contribution >= 4 is 29.0 Å². The van der Waals surface area contributed by atoms with Gasteiger partial charge in [-0.15, -0.1) is 0 Å². The largest absolute Gasteiger partial charge is 0.332 e. The number of carbonyl (C=O) groups is 2. The molecule has 4 aromatic rings. The van der Waals surface area contributed by atoms with Gasteiger partial charge in [0.25, 0.3) is 5.91 Å². The third-order valence-electron chi connectivity index (χ3n) is 7.43. The van der Waals surface area contributed by atoms with Gasteiger partial charge in [0.15, 0.2) is 5.82 Å². The van der Waals surface area contributed by atoms with Gasteiger partial charge in [-0.05, 0) is 11.6 Å². The predicted molar refractivity (Wildman–Crippen MR) is 150 cm³/mol. The number of nitrogens with zero attached hydrogens (tertiary/aromatic N) is 5. The first-order valence-corrected chi connectivity index (χ1v) is 13.5. The molecule has 0 fully saturated rings. The molecule has 2 aromatic carbocycles. The Kier molecular flexibility index (Phi) is 6.94. The fourth-order valence-electron chi connectivity index (χ4n) is 5.38. The van der Waals surface area contributed by atoms with Crippen molar-refractivity contribution in [2.24, 2.45) is 7.05 Å². The van der Waals surface area contributed by atoms with Crippen LogP contribution in [-0.2, 0) is 39.5 Å². The number of hydrogen-bond acceptors (Lipinski definition) is 7. The fourth-order valence-corrected chi connectivity index (χ4v) is 5.66. The third-order valence-corrected chi connectivity index (χ3v) is 7.84. The van der Waals surface area contributed by atoms with Crippen LogP contribution in [0.5, 0.6) is 0 Å². The number of amides is 1. The second-order valence-electron chi connectivity index (χ2n) is 9.90. The number of nitriles is 1. The summed E-state index contributed by atoms with van der Waals surface area (Å²) in [6.07, 6.45) is 2.59. The van der Waals surface area contributed by atoms with Crippen LogP contribution >= 0.6 is 11.6 Å². The highest BCUT2D eigenvalue weighted by Gasteiger charge is 2.24. The SMILES string of the molecule is Cn1c(C(=O)Cc2cccc(-c3cccc(NC(=O)c4cn5c(n4)CNCC5)c3Cl)c2C#N)nc2c1CCNC2. The minimum absolute atomic E-state index is 0.0296. The molecule has 0 unspecified atom stereocenters. The number of halogens is 1. The summed E-state index contributed by atoms with van der Waals surface area (Å²) in [6.45, 7) is 3.68. The molecule has 2 aromatic heterocycles. The molecule has 0 atom stereocenters. The van der Waals surface area contributed by atoms with Gasteiger partial charge in [-0.3, -0.25) is 9.59 Å². The summed E-state index contributed by atoms with van der Waals surface area (Å²) in [5.74, 6) is 0.676. The molecule has 10 nitrogen and oxygen atoms in total. The van der Waals surface area contributed by atoms with E-state index in [4.69, 9.17) is 11.6 Å². The van der Waals surface area contributed by atoms with Gasteiger partial charge in [-0.1, -0.05) is 41.9 Å². The summed E-state index contributed by atoms with van der Waals surface area (Å²) < 4.78 is 3.83. The van der Waals surface area contributed by atoms with E-state index in [0.29, 0.717) is 57.6 Å². The monoisotopic (exact) mass is 554 g/mol. The van der Waals surface area contributed by atoms with E-state index in [9.17, 15) is 14.9 Å². The fraction of sp³-hybridized carbons (Fsp3) is 0.276. The minimum Gasteiger partial charge on any atom is -0.332 e. The molecule has 6 rings (SSSR count). The highest BCUT2D eigenvalue weighted by atomic mass is 35.5. The molecule has 202 valence electrons. The molecule has 40 heavy (non-hydrogen) atoms. The van der Waals surface area contributed by atoms with E-state index in [1.165, 1.54) is 0 Å². The van der Waals surface area contributed by atoms with E-state index >= 15 is 0 Å². The number of anilines is 1. The third kappa shape index (κ3) is 4.69. The molecule has 0 bridgehead atoms. The number of hydrogen-bond donors (Lipinski definition) is 3. The summed E-state index contributed by atoms with van der Waals surface area (Å²) in [5.41, 5.74) is 4.79. The molecule has 0 saturated heterocycles. The molecule has 4 heterocycles. The van der Waals surface area contributed by atoms with Crippen LogP contribution < -0.4 is 16.0 Å². The summed E-state index contributed by atoms with van der Waals surface area (Å²) in [7, 11) is 1.86. The van der Waals surface area contributed by atoms with E-state index in [2.05, 4.69) is 32.0 Å². The molecule has 1 amide bonds. The lowest BCUT2D eigenvalue weighted by molar-refractivity contribution is 0.0978. The average Bonchev–Trinajstić information content (AvgIpc) is 3.56. The topological polar surface area (TPSA) is 130 Å². The van der Waals surface area contributed by atoms with Crippen molar-refractivity contribution in [3.8, 4) is 17.2 Å². The number of aromatic nitrogens is 4. The summed E-state index contributed by atoms with van der Waals surface area (Å²) in [5, 5.41) is 19.8. The van der Waals surface area contributed by atoms with Gasteiger partial charge in [0, 0.05) is 69.1 Å². The lowest BCUT2D eigenvalue weighted by Crippen LogP contribution is -2.27. The van der Waals surface area contributed by atoms with Crippen LogP contribution in [0.15, 0.2) is 42.6 Å². The van der Waals surface area contributed by atoms with Gasteiger partial charge in [0.05, 0.1) is 28.5 Å². The van der Waals surface area contributed by atoms with Gasteiger partial charge in [-0.2, -0.15) is 5.26 Å². The first-order valence-electron chi connectivity index (χ1n) is 13.1. The highest BCUT2D eigenvalue weighted by molar-refractivity contribution is 6.36. The van der Waals surface area contributed by atoms with E-state index in [0.717, 1.165) is 43.3 Å². The quantitative estimate of drug-likeness (QED) is 0.312. The number of imidazole rings is 2. The Bertz CT molecular complexity index is 1670. The average molecular weight is 555 g/mol. The Morgan fingerprint density at radius 3 is 2.70 bits per heavy atom. The Labute approximate surface area is 236 Å². The summed E-state index contributed by atoms with van der Waals surface area (Å²) >= 11 is 6.79. The lowest BCUT2D eigenvalue weighted by Gasteiger charge is -2.14. The van der Waals surface area contributed by atoms with Crippen LogP contribution in [0.2, 0.25) is 5.02 Å². The van der Waals surface area contributed by atoms with Crippen molar-refractivity contribution in [3.05, 3.63) is 87.5 Å². The van der Waals surface area contributed by atoms with Crippen LogP contribution in [0.3, 0.4) is 0 Å². The normalized spacial score (nSPS) is 14.2. The molecule has 3 N–H and O–H groups in total. The first-order chi connectivity index (χ1) is 19.4. The zero-order chi connectivity index (χ0) is 27.8. The van der Waals surface area contributed by atoms with Crippen LogP contribution in [0.25, 0.3) is 11.1 Å². The number of fused-ring (bicyclic) bond motifs is 2. The van der Waals surface area contributed by atoms with Crippen molar-refractivity contribution in [1.29, 1.82) is 5.26 Å². The summed E-state index contributed by atoms with van der Waals surface area (Å²) in [6, 6.07) is 12.9. The standard InChI is InChI=1S/C29H27ClN8O2/c1-37-24-8-9-32-14-22(24)35-28(37)25(39)12-17-4-2-5-18(20(17)13-31)19-6-3-7-21(27(19)30)36-29(40)23-16-38-11-10-33-15-26(38)34-23/h2-7,16,32-33H,8-12,14-15H2,1H3,(H,36,40). The van der Waals surface area contributed by atoms with Crippen molar-refractivity contribution in [3.63, 3.8) is 0 Å². The van der Waals surface area contributed by atoms with E-state index < -0.39 is 0 Å². The van der Waals surface area contributed by atoms with Crippen molar-refractivity contribution in [2.45, 2.75) is 32.5 Å². The van der Waals surface area contributed by atoms with Crippen LogP contribution in [0.1, 0.15) is 49.4 Å². The maximum absolute atomic E-state index is 13.3. The number of nitrogens with one attached hydrogen (secondary N) is 3. The minimum atomic E-state index is -0.367. The molecular formula is C29H27ClN8O2. The van der Waals surface area contributed by atoms with Crippen LogP contribution in [-0.4, -0.2) is 43.9 Å². The van der Waals surface area contributed by atoms with Gasteiger partial charge in [0.2, 0.25) is 5.78 Å². The van der Waals surface area contributed by atoms with Crippen molar-refractivity contribution in [1.82, 2.24) is 29.7 Å². The first kappa shape index (κ1) is 26.0. The Balaban J connectivity index is 1.28. The smallest absolute Gasteiger partial charge is 0.275 e. The molecule has 11 heteroatoms. The van der Waals surface area contributed by atoms with Crippen molar-refractivity contribution in [2.75, 3.05) is 18.4 Å². The summed E-state index contributed by atoms with van der Waals surface area (Å²) in [4.78, 5) is 35.3. The van der Waals surface area contributed by atoms with Crippen LogP contribution in [0, 0.1) is 11.3 Å². The number of ketones is 1. The molecule has 0 aliphatic carbocycles. The Hall–Kier alpha value is -4.30. The highest BCUT2D eigenvalue weighted by Crippen LogP contribution is 2.37. The molecule has 2 aliphatic heterocycles. The van der Waals surface area contributed by atoms with Crippen LogP contribution in [0.4, 0.5) is 5.69 Å². The van der Waals surface area contributed by atoms with Crippen molar-refractivity contribution < 1.29 is 9.59 Å². The Morgan fingerprint density at radius 1 is 1.10 bits per heavy atom. The molecule has 0 radical (unpaired) electrons. The molecule has 0 saturated carbocycles. The number of carbonyl (C=O) groups excluding carboxylic acids is 2. The van der Waals surface area contributed by atoms with Gasteiger partial charge < -0.3 is 25.1 Å². The van der Waals surface area contributed by atoms with E-state index in [1.807, 2.05) is 16.2 Å².